The van der Waals surface area contributed by atoms with Crippen LogP contribution >= 0.6 is 0 Å². The van der Waals surface area contributed by atoms with E-state index in [1.807, 2.05) is 0 Å². The normalized spacial score (nSPS) is 11.6. The van der Waals surface area contributed by atoms with Gasteiger partial charge in [0.15, 0.2) is 0 Å². The van der Waals surface area contributed by atoms with Gasteiger partial charge < -0.3 is 5.11 Å². The van der Waals surface area contributed by atoms with Crippen molar-refractivity contribution in [2.45, 2.75) is 13.3 Å². The van der Waals surface area contributed by atoms with Crippen LogP contribution in [0.25, 0.3) is 0 Å². The highest BCUT2D eigenvalue weighted by molar-refractivity contribution is 5.86. The molecule has 0 bridgehead atoms. The first-order chi connectivity index (χ1) is 4.22. The molecule has 0 spiro atoms. The number of hydrogen-bond acceptors (Lipinski definition) is 1. The molecule has 0 atom stereocenters. The molecule has 3 heteroatoms. The van der Waals surface area contributed by atoms with Gasteiger partial charge in [0.05, 0.1) is 5.57 Å². The molecule has 1 N–H and O–H groups in total. The van der Waals surface area contributed by atoms with E-state index in [4.69, 9.17) is 5.11 Å². The average Bonchev–Trinajstić information content (AvgIpc) is 1.82. The van der Waals surface area contributed by atoms with Crippen molar-refractivity contribution < 1.29 is 14.3 Å². The molecular formula is C6H9FO2. The van der Waals surface area contributed by atoms with Crippen molar-refractivity contribution in [2.75, 3.05) is 6.67 Å². The smallest absolute Gasteiger partial charge is 0.333 e. The molecule has 0 aliphatic rings. The van der Waals surface area contributed by atoms with E-state index in [1.54, 1.807) is 6.92 Å². The first kappa shape index (κ1) is 8.14. The lowest BCUT2D eigenvalue weighted by molar-refractivity contribution is -0.132. The predicted octanol–water partition coefficient (Wildman–Crippen LogP) is 1.38. The van der Waals surface area contributed by atoms with Gasteiger partial charge in [-0.2, -0.15) is 0 Å². The molecule has 9 heavy (non-hydrogen) atoms. The highest BCUT2D eigenvalue weighted by atomic mass is 19.1. The fourth-order valence-electron chi connectivity index (χ4n) is 0.445. The summed E-state index contributed by atoms with van der Waals surface area (Å²) in [6, 6.07) is 0. The van der Waals surface area contributed by atoms with Crippen LogP contribution in [-0.4, -0.2) is 17.8 Å². The molecule has 0 aliphatic carbocycles. The molecule has 0 aromatic heterocycles. The number of allylic oxidation sites excluding steroid dienone is 1. The Labute approximate surface area is 53.0 Å². The quantitative estimate of drug-likeness (QED) is 0.589. The van der Waals surface area contributed by atoms with Gasteiger partial charge in [0.1, 0.15) is 6.67 Å². The third-order valence-corrected chi connectivity index (χ3v) is 0.869. The molecule has 2 nitrogen and oxygen atoms in total. The van der Waals surface area contributed by atoms with Crippen molar-refractivity contribution in [3.05, 3.63) is 11.6 Å². The number of rotatable bonds is 3. The van der Waals surface area contributed by atoms with Gasteiger partial charge >= 0.3 is 5.97 Å². The van der Waals surface area contributed by atoms with E-state index in [2.05, 4.69) is 0 Å². The van der Waals surface area contributed by atoms with Crippen LogP contribution in [0.2, 0.25) is 0 Å². The fraction of sp³-hybridized carbons (Fsp3) is 0.500. The van der Waals surface area contributed by atoms with E-state index in [0.29, 0.717) is 6.42 Å². The van der Waals surface area contributed by atoms with Crippen LogP contribution in [0.1, 0.15) is 13.3 Å². The summed E-state index contributed by atoms with van der Waals surface area (Å²) in [5.74, 6) is -1.17. The third-order valence-electron chi connectivity index (χ3n) is 0.869. The van der Waals surface area contributed by atoms with E-state index in [-0.39, 0.29) is 5.57 Å². The van der Waals surface area contributed by atoms with Crippen molar-refractivity contribution in [1.82, 2.24) is 0 Å². The molecule has 0 amide bonds. The van der Waals surface area contributed by atoms with Crippen molar-refractivity contribution in [1.29, 1.82) is 0 Å². The summed E-state index contributed by atoms with van der Waals surface area (Å²) in [7, 11) is 0. The third kappa shape index (κ3) is 2.85. The highest BCUT2D eigenvalue weighted by Crippen LogP contribution is 1.96. The van der Waals surface area contributed by atoms with E-state index in [1.165, 1.54) is 6.08 Å². The summed E-state index contributed by atoms with van der Waals surface area (Å²) in [6.07, 6.45) is 1.92. The van der Waals surface area contributed by atoms with Crippen LogP contribution in [0.15, 0.2) is 11.6 Å². The Morgan fingerprint density at radius 3 is 2.44 bits per heavy atom. The second-order valence-corrected chi connectivity index (χ2v) is 1.58. The molecule has 0 radical (unpaired) electrons. The maximum Gasteiger partial charge on any atom is 0.333 e. The van der Waals surface area contributed by atoms with E-state index < -0.39 is 12.6 Å². The van der Waals surface area contributed by atoms with Crippen LogP contribution in [0.3, 0.4) is 0 Å². The molecule has 0 saturated carbocycles. The number of carboxylic acids is 1. The molecule has 0 saturated heterocycles. The Morgan fingerprint density at radius 2 is 2.33 bits per heavy atom. The Morgan fingerprint density at radius 1 is 1.78 bits per heavy atom. The Kier molecular flexibility index (Phi) is 3.67. The zero-order valence-corrected chi connectivity index (χ0v) is 5.22. The predicted molar refractivity (Wildman–Crippen MR) is 32.0 cm³/mol. The van der Waals surface area contributed by atoms with Gasteiger partial charge in [-0.3, -0.25) is 0 Å². The largest absolute Gasteiger partial charge is 0.478 e. The molecular weight excluding hydrogens is 123 g/mol. The second kappa shape index (κ2) is 4.06. The summed E-state index contributed by atoms with van der Waals surface area (Å²) < 4.78 is 11.6. The van der Waals surface area contributed by atoms with Crippen LogP contribution in [0.5, 0.6) is 0 Å². The fourth-order valence-corrected chi connectivity index (χ4v) is 0.445. The molecule has 0 rings (SSSR count). The maximum atomic E-state index is 11.6. The van der Waals surface area contributed by atoms with Crippen LogP contribution in [-0.2, 0) is 4.79 Å². The number of hydrogen-bond donors (Lipinski definition) is 1. The van der Waals surface area contributed by atoms with Crippen molar-refractivity contribution in [2.24, 2.45) is 0 Å². The Bertz CT molecular complexity index is 129. The van der Waals surface area contributed by atoms with Gasteiger partial charge in [-0.15, -0.1) is 0 Å². The van der Waals surface area contributed by atoms with Gasteiger partial charge in [0.2, 0.25) is 0 Å². The van der Waals surface area contributed by atoms with Crippen LogP contribution in [0.4, 0.5) is 4.39 Å². The van der Waals surface area contributed by atoms with E-state index in [0.717, 1.165) is 0 Å². The number of carbonyl (C=O) groups is 1. The van der Waals surface area contributed by atoms with Gasteiger partial charge in [0, 0.05) is 0 Å². The van der Waals surface area contributed by atoms with Crippen molar-refractivity contribution in [3.63, 3.8) is 0 Å². The Balaban J connectivity index is 3.98. The first-order valence-electron chi connectivity index (χ1n) is 2.70. The van der Waals surface area contributed by atoms with Crippen LogP contribution in [0, 0.1) is 0 Å². The summed E-state index contributed by atoms with van der Waals surface area (Å²) in [5, 5.41) is 8.20. The van der Waals surface area contributed by atoms with E-state index >= 15 is 0 Å². The van der Waals surface area contributed by atoms with Gasteiger partial charge in [0.25, 0.3) is 0 Å². The average molecular weight is 132 g/mol. The summed E-state index contributed by atoms with van der Waals surface area (Å²) in [6.45, 7) is 0.877. The van der Waals surface area contributed by atoms with Gasteiger partial charge in [-0.25, -0.2) is 9.18 Å². The standard InChI is InChI=1S/C6H9FO2/c1-2-3-5(4-7)6(8)9/h3H,2,4H2,1H3,(H,8,9). The molecule has 0 aromatic carbocycles. The van der Waals surface area contributed by atoms with Crippen molar-refractivity contribution in [3.8, 4) is 0 Å². The lowest BCUT2D eigenvalue weighted by Crippen LogP contribution is -2.01. The monoisotopic (exact) mass is 132 g/mol. The van der Waals surface area contributed by atoms with Crippen molar-refractivity contribution >= 4 is 5.97 Å². The minimum atomic E-state index is -1.17. The first-order valence-corrected chi connectivity index (χ1v) is 2.70. The SMILES string of the molecule is CCC=C(CF)C(=O)O. The van der Waals surface area contributed by atoms with Gasteiger partial charge in [-0.05, 0) is 6.42 Å². The lowest BCUT2D eigenvalue weighted by Gasteiger charge is -1.91. The second-order valence-electron chi connectivity index (χ2n) is 1.58. The maximum absolute atomic E-state index is 11.6. The molecule has 0 heterocycles. The summed E-state index contributed by atoms with van der Waals surface area (Å²) >= 11 is 0. The summed E-state index contributed by atoms with van der Waals surface area (Å²) in [4.78, 5) is 10.0. The number of aliphatic carboxylic acids is 1. The minimum absolute atomic E-state index is 0.155. The summed E-state index contributed by atoms with van der Waals surface area (Å²) in [5.41, 5.74) is -0.155. The number of carboxylic acid groups (broad SMARTS) is 1. The van der Waals surface area contributed by atoms with E-state index in [9.17, 15) is 9.18 Å². The van der Waals surface area contributed by atoms with Gasteiger partial charge in [-0.1, -0.05) is 13.0 Å². The van der Waals surface area contributed by atoms with Crippen LogP contribution < -0.4 is 0 Å². The zero-order valence-electron chi connectivity index (χ0n) is 5.22. The zero-order chi connectivity index (χ0) is 7.28. The molecule has 0 aromatic rings. The minimum Gasteiger partial charge on any atom is -0.478 e. The molecule has 0 fully saturated rings. The molecule has 0 aliphatic heterocycles. The molecule has 52 valence electrons. The lowest BCUT2D eigenvalue weighted by atomic mass is 10.2. The molecule has 0 unspecified atom stereocenters. The number of halogens is 1. The topological polar surface area (TPSA) is 37.3 Å². The number of alkyl halides is 1. The highest BCUT2D eigenvalue weighted by Gasteiger charge is 2.03. The Hall–Kier alpha value is -0.860.